The highest BCUT2D eigenvalue weighted by molar-refractivity contribution is 6.31. The molecule has 0 saturated carbocycles. The van der Waals surface area contributed by atoms with Gasteiger partial charge in [-0.3, -0.25) is 9.59 Å². The number of fused-ring (bicyclic) bond motifs is 2. The van der Waals surface area contributed by atoms with Crippen molar-refractivity contribution in [1.82, 2.24) is 0 Å². The van der Waals surface area contributed by atoms with Gasteiger partial charge in [-0.05, 0) is 24.6 Å². The summed E-state index contributed by atoms with van der Waals surface area (Å²) in [6.07, 6.45) is 0. The number of aromatic hydroxyl groups is 1. The summed E-state index contributed by atoms with van der Waals surface area (Å²) in [5.41, 5.74) is 2.60. The monoisotopic (exact) mass is 343 g/mol. The van der Waals surface area contributed by atoms with Crippen LogP contribution in [0, 0.1) is 0 Å². The third-order valence-electron chi connectivity index (χ3n) is 4.73. The number of rotatable bonds is 3. The van der Waals surface area contributed by atoms with Gasteiger partial charge in [-0.2, -0.15) is 0 Å². The second-order valence-electron chi connectivity index (χ2n) is 6.36. The van der Waals surface area contributed by atoms with E-state index >= 15 is 0 Å². The number of nitrogens with one attached hydrogen (secondary N) is 1. The molecule has 3 aromatic rings. The second-order valence-corrected chi connectivity index (χ2v) is 6.36. The van der Waals surface area contributed by atoms with Crippen LogP contribution in [0.1, 0.15) is 50.4 Å². The zero-order chi connectivity index (χ0) is 18.3. The summed E-state index contributed by atoms with van der Waals surface area (Å²) in [6, 6.07) is 19.6. The number of hydrogen-bond acceptors (Lipinski definition) is 4. The van der Waals surface area contributed by atoms with Gasteiger partial charge in [0.25, 0.3) is 0 Å². The maximum atomic E-state index is 13.0. The number of phenols is 1. The number of carbonyl (C=O) groups is 2. The fraction of sp³-hybridized carbons (Fsp3) is 0.0909. The number of hydrogen-bond donors (Lipinski definition) is 2. The van der Waals surface area contributed by atoms with Crippen LogP contribution in [-0.4, -0.2) is 16.7 Å². The molecule has 0 saturated heterocycles. The van der Waals surface area contributed by atoms with Gasteiger partial charge < -0.3 is 10.4 Å². The van der Waals surface area contributed by atoms with Crippen molar-refractivity contribution in [3.8, 4) is 5.75 Å². The van der Waals surface area contributed by atoms with Crippen LogP contribution in [0.25, 0.3) is 0 Å². The van der Waals surface area contributed by atoms with Crippen LogP contribution in [0.4, 0.5) is 5.69 Å². The molecule has 4 nitrogen and oxygen atoms in total. The van der Waals surface area contributed by atoms with Crippen molar-refractivity contribution in [1.29, 1.82) is 0 Å². The van der Waals surface area contributed by atoms with E-state index in [2.05, 4.69) is 5.32 Å². The third-order valence-corrected chi connectivity index (χ3v) is 4.73. The zero-order valence-electron chi connectivity index (χ0n) is 14.2. The summed E-state index contributed by atoms with van der Waals surface area (Å²) < 4.78 is 0. The molecule has 0 spiro atoms. The molecule has 26 heavy (non-hydrogen) atoms. The highest BCUT2D eigenvalue weighted by atomic mass is 16.3. The van der Waals surface area contributed by atoms with Gasteiger partial charge in [-0.25, -0.2) is 0 Å². The first kappa shape index (κ1) is 16.1. The molecule has 0 aromatic heterocycles. The van der Waals surface area contributed by atoms with Crippen molar-refractivity contribution >= 4 is 17.3 Å². The molecule has 0 radical (unpaired) electrons. The minimum atomic E-state index is -0.330. The van der Waals surface area contributed by atoms with Gasteiger partial charge in [0.15, 0.2) is 11.6 Å². The largest absolute Gasteiger partial charge is 0.507 e. The fourth-order valence-electron chi connectivity index (χ4n) is 3.38. The first-order valence-electron chi connectivity index (χ1n) is 8.44. The summed E-state index contributed by atoms with van der Waals surface area (Å²) in [5, 5.41) is 13.6. The summed E-state index contributed by atoms with van der Waals surface area (Å²) in [7, 11) is 0. The van der Waals surface area contributed by atoms with E-state index in [-0.39, 0.29) is 34.5 Å². The van der Waals surface area contributed by atoms with Crippen LogP contribution in [0.15, 0.2) is 66.7 Å². The van der Waals surface area contributed by atoms with Gasteiger partial charge in [0.1, 0.15) is 5.75 Å². The van der Waals surface area contributed by atoms with E-state index in [1.165, 1.54) is 6.07 Å². The third kappa shape index (κ3) is 2.47. The van der Waals surface area contributed by atoms with Crippen molar-refractivity contribution in [2.75, 3.05) is 5.32 Å². The summed E-state index contributed by atoms with van der Waals surface area (Å²) in [6.45, 7) is 1.98. The molecule has 0 amide bonds. The molecule has 0 fully saturated rings. The SMILES string of the molecule is CC(Nc1ccc(O)c2c1C(=O)c1ccccc1C2=O)c1ccccc1. The predicted octanol–water partition coefficient (Wildman–Crippen LogP) is 4.34. The minimum absolute atomic E-state index is 0.0649. The average molecular weight is 343 g/mol. The quantitative estimate of drug-likeness (QED) is 0.543. The lowest BCUT2D eigenvalue weighted by atomic mass is 9.82. The number of carbonyl (C=O) groups excluding carboxylic acids is 2. The maximum absolute atomic E-state index is 13.0. The Balaban J connectivity index is 1.82. The lowest BCUT2D eigenvalue weighted by molar-refractivity contribution is 0.0977. The molecule has 0 heterocycles. The number of anilines is 1. The molecule has 3 aromatic carbocycles. The van der Waals surface area contributed by atoms with E-state index in [1.807, 2.05) is 37.3 Å². The van der Waals surface area contributed by atoms with E-state index in [1.54, 1.807) is 30.3 Å². The van der Waals surface area contributed by atoms with Gasteiger partial charge in [0, 0.05) is 22.9 Å². The summed E-state index contributed by atoms with van der Waals surface area (Å²) in [5.74, 6) is -0.761. The summed E-state index contributed by atoms with van der Waals surface area (Å²) in [4.78, 5) is 25.9. The number of ketones is 2. The molecule has 0 bridgehead atoms. The lowest BCUT2D eigenvalue weighted by Crippen LogP contribution is -2.23. The van der Waals surface area contributed by atoms with Gasteiger partial charge in [-0.15, -0.1) is 0 Å². The van der Waals surface area contributed by atoms with Crippen LogP contribution in [0.5, 0.6) is 5.75 Å². The van der Waals surface area contributed by atoms with E-state index in [9.17, 15) is 14.7 Å². The average Bonchev–Trinajstić information content (AvgIpc) is 2.68. The van der Waals surface area contributed by atoms with E-state index in [4.69, 9.17) is 0 Å². The first-order chi connectivity index (χ1) is 12.6. The standard InChI is InChI=1S/C22H17NO3/c1-13(14-7-3-2-4-8-14)23-17-11-12-18(24)20-19(17)21(25)15-9-5-6-10-16(15)22(20)26/h2-13,23-24H,1H3. The highest BCUT2D eigenvalue weighted by Crippen LogP contribution is 2.38. The van der Waals surface area contributed by atoms with Crippen LogP contribution in [-0.2, 0) is 0 Å². The Hall–Kier alpha value is -3.40. The molecule has 1 aliphatic carbocycles. The Morgan fingerprint density at radius 1 is 0.769 bits per heavy atom. The fourth-order valence-corrected chi connectivity index (χ4v) is 3.38. The van der Waals surface area contributed by atoms with Crippen LogP contribution in [0.2, 0.25) is 0 Å². The molecule has 1 atom stereocenters. The molecular weight excluding hydrogens is 326 g/mol. The van der Waals surface area contributed by atoms with Crippen molar-refractivity contribution in [2.45, 2.75) is 13.0 Å². The normalized spacial score (nSPS) is 13.7. The molecule has 4 rings (SSSR count). The van der Waals surface area contributed by atoms with E-state index < -0.39 is 0 Å². The molecule has 4 heteroatoms. The number of benzene rings is 3. The molecule has 1 aliphatic rings. The Bertz CT molecular complexity index is 1020. The topological polar surface area (TPSA) is 66.4 Å². The first-order valence-corrected chi connectivity index (χ1v) is 8.44. The van der Waals surface area contributed by atoms with Gasteiger partial charge >= 0.3 is 0 Å². The predicted molar refractivity (Wildman–Crippen MR) is 99.9 cm³/mol. The Morgan fingerprint density at radius 3 is 2.00 bits per heavy atom. The second kappa shape index (κ2) is 6.15. The highest BCUT2D eigenvalue weighted by Gasteiger charge is 2.34. The van der Waals surface area contributed by atoms with Crippen molar-refractivity contribution in [3.05, 3.63) is 94.5 Å². The van der Waals surface area contributed by atoms with E-state index in [0.717, 1.165) is 5.56 Å². The van der Waals surface area contributed by atoms with Gasteiger partial charge in [-0.1, -0.05) is 54.6 Å². The smallest absolute Gasteiger partial charge is 0.198 e. The zero-order valence-corrected chi connectivity index (χ0v) is 14.2. The van der Waals surface area contributed by atoms with Crippen molar-refractivity contribution < 1.29 is 14.7 Å². The van der Waals surface area contributed by atoms with Crippen molar-refractivity contribution in [3.63, 3.8) is 0 Å². The molecule has 2 N–H and O–H groups in total. The molecule has 0 aliphatic heterocycles. The van der Waals surface area contributed by atoms with Crippen LogP contribution >= 0.6 is 0 Å². The Labute approximate surface area is 151 Å². The molecule has 128 valence electrons. The minimum Gasteiger partial charge on any atom is -0.507 e. The Morgan fingerprint density at radius 2 is 1.35 bits per heavy atom. The molecular formula is C22H17NO3. The van der Waals surface area contributed by atoms with Gasteiger partial charge in [0.2, 0.25) is 0 Å². The lowest BCUT2D eigenvalue weighted by Gasteiger charge is -2.24. The van der Waals surface area contributed by atoms with Crippen molar-refractivity contribution in [2.24, 2.45) is 0 Å². The van der Waals surface area contributed by atoms with Crippen LogP contribution in [0.3, 0.4) is 0 Å². The maximum Gasteiger partial charge on any atom is 0.198 e. The number of phenolic OH excluding ortho intramolecular Hbond substituents is 1. The summed E-state index contributed by atoms with van der Waals surface area (Å²) >= 11 is 0. The van der Waals surface area contributed by atoms with Crippen LogP contribution < -0.4 is 5.32 Å². The van der Waals surface area contributed by atoms with Gasteiger partial charge in [0.05, 0.1) is 11.1 Å². The molecule has 1 unspecified atom stereocenters. The Kier molecular flexibility index (Phi) is 3.81. The van der Waals surface area contributed by atoms with E-state index in [0.29, 0.717) is 16.8 Å².